The molecule has 3 rings (SSSR count). The average molecular weight is 344 g/mol. The molecule has 1 aliphatic carbocycles. The molecule has 1 heterocycles. The average Bonchev–Trinajstić information content (AvgIpc) is 2.97. The molecule has 25 heavy (non-hydrogen) atoms. The Labute approximate surface area is 148 Å². The Morgan fingerprint density at radius 1 is 1.28 bits per heavy atom. The summed E-state index contributed by atoms with van der Waals surface area (Å²) in [6.07, 6.45) is 5.32. The molecule has 1 fully saturated rings. The molecule has 136 valence electrons. The number of fused-ring (bicyclic) bond motifs is 1. The molecule has 6 nitrogen and oxygen atoms in total. The molecule has 0 saturated heterocycles. The van der Waals surface area contributed by atoms with Gasteiger partial charge in [-0.3, -0.25) is 0 Å². The predicted molar refractivity (Wildman–Crippen MR) is 101 cm³/mol. The molecule has 0 bridgehead atoms. The molecule has 1 saturated carbocycles. The molecule has 1 aromatic heterocycles. The Morgan fingerprint density at radius 3 is 2.84 bits per heavy atom. The number of anilines is 1. The van der Waals surface area contributed by atoms with Crippen LogP contribution >= 0.6 is 0 Å². The highest BCUT2D eigenvalue weighted by Crippen LogP contribution is 2.21. The number of carbonyl (C=O) groups is 1. The second-order valence-corrected chi connectivity index (χ2v) is 7.14. The largest absolute Gasteiger partial charge is 0.391 e. The third-order valence-electron chi connectivity index (χ3n) is 4.86. The number of nitrogens with one attached hydrogen (secondary N) is 2. The Kier molecular flexibility index (Phi) is 5.60. The lowest BCUT2D eigenvalue weighted by Crippen LogP contribution is -2.46. The third-order valence-corrected chi connectivity index (χ3v) is 4.86. The van der Waals surface area contributed by atoms with E-state index in [1.54, 1.807) is 0 Å². The van der Waals surface area contributed by atoms with Crippen LogP contribution in [-0.4, -0.2) is 53.4 Å². The van der Waals surface area contributed by atoms with Crippen molar-refractivity contribution in [1.82, 2.24) is 14.8 Å². The maximum atomic E-state index is 12.2. The molecule has 2 atom stereocenters. The number of rotatable bonds is 5. The standard InChI is InChI=1S/C19H28N4O2/c1-22(2)11-12-23-10-9-14-13-15(7-8-17(14)23)20-19(25)21-16-5-3-4-6-18(16)24/h7-10,13,16,18,24H,3-6,11-12H2,1-2H3,(H2,20,21,25)/t16-,18-/m1/s1. The number of likely N-dealkylation sites (N-methyl/N-ethyl adjacent to an activating group) is 1. The van der Waals surface area contributed by atoms with Crippen LogP contribution in [0.4, 0.5) is 10.5 Å². The molecule has 2 aromatic rings. The van der Waals surface area contributed by atoms with Gasteiger partial charge in [-0.15, -0.1) is 0 Å². The van der Waals surface area contributed by atoms with Crippen LogP contribution in [0.5, 0.6) is 0 Å². The highest BCUT2D eigenvalue weighted by atomic mass is 16.3. The topological polar surface area (TPSA) is 69.5 Å². The number of amides is 2. The summed E-state index contributed by atoms with van der Waals surface area (Å²) < 4.78 is 2.22. The van der Waals surface area contributed by atoms with Gasteiger partial charge >= 0.3 is 6.03 Å². The van der Waals surface area contributed by atoms with Gasteiger partial charge in [0.1, 0.15) is 0 Å². The van der Waals surface area contributed by atoms with Crippen molar-refractivity contribution < 1.29 is 9.90 Å². The van der Waals surface area contributed by atoms with Gasteiger partial charge in [0, 0.05) is 35.9 Å². The first-order valence-electron chi connectivity index (χ1n) is 9.02. The van der Waals surface area contributed by atoms with Crippen molar-refractivity contribution >= 4 is 22.6 Å². The fourth-order valence-corrected chi connectivity index (χ4v) is 3.40. The number of carbonyl (C=O) groups excluding carboxylic acids is 1. The Morgan fingerprint density at radius 2 is 2.08 bits per heavy atom. The fourth-order valence-electron chi connectivity index (χ4n) is 3.40. The van der Waals surface area contributed by atoms with Gasteiger partial charge in [0.25, 0.3) is 0 Å². The Hall–Kier alpha value is -2.05. The predicted octanol–water partition coefficient (Wildman–Crippen LogP) is 2.63. The first-order chi connectivity index (χ1) is 12.0. The van der Waals surface area contributed by atoms with Crippen molar-refractivity contribution in [3.8, 4) is 0 Å². The van der Waals surface area contributed by atoms with E-state index in [9.17, 15) is 9.90 Å². The van der Waals surface area contributed by atoms with Gasteiger partial charge in [-0.2, -0.15) is 0 Å². The fraction of sp³-hybridized carbons (Fsp3) is 0.526. The number of benzene rings is 1. The van der Waals surface area contributed by atoms with Crippen molar-refractivity contribution in [2.75, 3.05) is 26.0 Å². The second kappa shape index (κ2) is 7.89. The first-order valence-corrected chi connectivity index (χ1v) is 9.02. The zero-order chi connectivity index (χ0) is 17.8. The molecule has 2 amide bonds. The van der Waals surface area contributed by atoms with E-state index in [4.69, 9.17) is 0 Å². The minimum Gasteiger partial charge on any atom is -0.391 e. The summed E-state index contributed by atoms with van der Waals surface area (Å²) in [6, 6.07) is 7.61. The van der Waals surface area contributed by atoms with Gasteiger partial charge in [0.15, 0.2) is 0 Å². The summed E-state index contributed by atoms with van der Waals surface area (Å²) in [7, 11) is 4.13. The monoisotopic (exact) mass is 344 g/mol. The highest BCUT2D eigenvalue weighted by molar-refractivity contribution is 5.93. The van der Waals surface area contributed by atoms with Gasteiger partial charge < -0.3 is 25.2 Å². The van der Waals surface area contributed by atoms with Gasteiger partial charge in [-0.05, 0) is 51.2 Å². The second-order valence-electron chi connectivity index (χ2n) is 7.14. The van der Waals surface area contributed by atoms with E-state index < -0.39 is 6.10 Å². The van der Waals surface area contributed by atoms with Crippen LogP contribution in [0.3, 0.4) is 0 Å². The first kappa shape index (κ1) is 17.8. The summed E-state index contributed by atoms with van der Waals surface area (Å²) in [4.78, 5) is 14.4. The molecular weight excluding hydrogens is 316 g/mol. The molecule has 0 unspecified atom stereocenters. The SMILES string of the molecule is CN(C)CCn1ccc2cc(NC(=O)N[C@@H]3CCCC[C@H]3O)ccc21. The summed E-state index contributed by atoms with van der Waals surface area (Å²) in [5, 5.41) is 16.8. The molecule has 6 heteroatoms. The van der Waals surface area contributed by atoms with Crippen LogP contribution in [0.25, 0.3) is 10.9 Å². The number of aliphatic hydroxyl groups excluding tert-OH is 1. The van der Waals surface area contributed by atoms with Gasteiger partial charge in [0.2, 0.25) is 0 Å². The lowest BCUT2D eigenvalue weighted by Gasteiger charge is -2.28. The van der Waals surface area contributed by atoms with Gasteiger partial charge in [0.05, 0.1) is 12.1 Å². The van der Waals surface area contributed by atoms with Crippen molar-refractivity contribution in [3.05, 3.63) is 30.5 Å². The number of urea groups is 1. The van der Waals surface area contributed by atoms with Crippen molar-refractivity contribution in [2.24, 2.45) is 0 Å². The molecule has 1 aliphatic rings. The van der Waals surface area contributed by atoms with Gasteiger partial charge in [-0.25, -0.2) is 4.79 Å². The molecular formula is C19H28N4O2. The van der Waals surface area contributed by atoms with Crippen LogP contribution in [0, 0.1) is 0 Å². The zero-order valence-electron chi connectivity index (χ0n) is 15.0. The summed E-state index contributed by atoms with van der Waals surface area (Å²) in [6.45, 7) is 1.92. The van der Waals surface area contributed by atoms with Crippen LogP contribution < -0.4 is 10.6 Å². The molecule has 0 spiro atoms. The van der Waals surface area contributed by atoms with E-state index in [1.165, 1.54) is 0 Å². The maximum Gasteiger partial charge on any atom is 0.319 e. The summed E-state index contributed by atoms with van der Waals surface area (Å²) in [5.74, 6) is 0. The Bertz CT molecular complexity index is 725. The van der Waals surface area contributed by atoms with E-state index in [-0.39, 0.29) is 12.1 Å². The van der Waals surface area contributed by atoms with E-state index >= 15 is 0 Å². The van der Waals surface area contributed by atoms with Gasteiger partial charge in [-0.1, -0.05) is 12.8 Å². The lowest BCUT2D eigenvalue weighted by atomic mass is 9.93. The lowest BCUT2D eigenvalue weighted by molar-refractivity contribution is 0.0955. The minimum absolute atomic E-state index is 0.149. The quantitative estimate of drug-likeness (QED) is 0.781. The number of aliphatic hydroxyl groups is 1. The highest BCUT2D eigenvalue weighted by Gasteiger charge is 2.24. The maximum absolute atomic E-state index is 12.2. The van der Waals surface area contributed by atoms with Crippen LogP contribution in [0.1, 0.15) is 25.7 Å². The number of aromatic nitrogens is 1. The Balaban J connectivity index is 1.62. The smallest absolute Gasteiger partial charge is 0.319 e. The van der Waals surface area contributed by atoms with E-state index in [1.807, 2.05) is 18.2 Å². The van der Waals surface area contributed by atoms with Crippen LogP contribution in [-0.2, 0) is 6.54 Å². The van der Waals surface area contributed by atoms with E-state index in [0.29, 0.717) is 0 Å². The van der Waals surface area contributed by atoms with Crippen LogP contribution in [0.15, 0.2) is 30.5 Å². The van der Waals surface area contributed by atoms with E-state index in [0.717, 1.165) is 55.4 Å². The number of nitrogens with zero attached hydrogens (tertiary/aromatic N) is 2. The summed E-state index contributed by atoms with van der Waals surface area (Å²) >= 11 is 0. The molecule has 0 radical (unpaired) electrons. The summed E-state index contributed by atoms with van der Waals surface area (Å²) in [5.41, 5.74) is 1.93. The van der Waals surface area contributed by atoms with Crippen molar-refractivity contribution in [1.29, 1.82) is 0 Å². The zero-order valence-corrected chi connectivity index (χ0v) is 15.0. The molecule has 3 N–H and O–H groups in total. The normalized spacial score (nSPS) is 20.8. The number of hydrogen-bond acceptors (Lipinski definition) is 3. The number of hydrogen-bond donors (Lipinski definition) is 3. The third kappa shape index (κ3) is 4.52. The van der Waals surface area contributed by atoms with Crippen molar-refractivity contribution in [2.45, 2.75) is 44.4 Å². The minimum atomic E-state index is -0.437. The molecule has 0 aliphatic heterocycles. The van der Waals surface area contributed by atoms with E-state index in [2.05, 4.69) is 46.5 Å². The van der Waals surface area contributed by atoms with Crippen LogP contribution in [0.2, 0.25) is 0 Å². The van der Waals surface area contributed by atoms with Crippen molar-refractivity contribution in [3.63, 3.8) is 0 Å². The molecule has 1 aromatic carbocycles.